The molecule has 0 radical (unpaired) electrons. The van der Waals surface area contributed by atoms with Gasteiger partial charge >= 0.3 is 6.18 Å². The van der Waals surface area contributed by atoms with Crippen molar-refractivity contribution in [3.63, 3.8) is 0 Å². The molecule has 0 saturated carbocycles. The average molecular weight is 237 g/mol. The Labute approximate surface area is 88.6 Å². The summed E-state index contributed by atoms with van der Waals surface area (Å²) in [7, 11) is 1.22. The maximum absolute atomic E-state index is 12.3. The number of rotatable bonds is 1. The lowest BCUT2D eigenvalue weighted by Gasteiger charge is -2.19. The number of hydrogen-bond acceptors (Lipinski definition) is 3. The Morgan fingerprint density at radius 2 is 1.94 bits per heavy atom. The van der Waals surface area contributed by atoms with Gasteiger partial charge in [0, 0.05) is 13.1 Å². The summed E-state index contributed by atoms with van der Waals surface area (Å²) in [4.78, 5) is 11.1. The summed E-state index contributed by atoms with van der Waals surface area (Å²) in [5.41, 5.74) is -1.59. The number of alkyl halides is 3. The van der Waals surface area contributed by atoms with E-state index in [1.54, 1.807) is 0 Å². The predicted molar refractivity (Wildman–Crippen MR) is 49.1 cm³/mol. The van der Waals surface area contributed by atoms with Gasteiger partial charge in [0.15, 0.2) is 11.9 Å². The van der Waals surface area contributed by atoms with Gasteiger partial charge in [-0.2, -0.15) is 13.2 Å². The third kappa shape index (κ3) is 2.04. The van der Waals surface area contributed by atoms with Gasteiger partial charge in [-0.05, 0) is 6.92 Å². The van der Waals surface area contributed by atoms with Gasteiger partial charge in [0.1, 0.15) is 0 Å². The largest absolute Gasteiger partial charge is 0.503 e. The molecule has 1 aromatic rings. The SMILES string of the molecule is Cc1c(O)c(=O)cc(C(O)C(F)(F)F)n1C. The van der Waals surface area contributed by atoms with Crippen molar-refractivity contribution < 1.29 is 23.4 Å². The van der Waals surface area contributed by atoms with Crippen LogP contribution in [0.3, 0.4) is 0 Å². The van der Waals surface area contributed by atoms with Crippen LogP contribution in [0, 0.1) is 6.92 Å². The number of nitrogens with zero attached hydrogens (tertiary/aromatic N) is 1. The summed E-state index contributed by atoms with van der Waals surface area (Å²) >= 11 is 0. The molecule has 0 aromatic carbocycles. The average Bonchev–Trinajstić information content (AvgIpc) is 2.18. The van der Waals surface area contributed by atoms with Crippen molar-refractivity contribution in [3.8, 4) is 5.75 Å². The molecule has 7 heteroatoms. The van der Waals surface area contributed by atoms with E-state index in [0.717, 1.165) is 4.57 Å². The highest BCUT2D eigenvalue weighted by molar-refractivity contribution is 5.29. The van der Waals surface area contributed by atoms with Crippen molar-refractivity contribution >= 4 is 0 Å². The first-order chi connectivity index (χ1) is 7.16. The lowest BCUT2D eigenvalue weighted by Crippen LogP contribution is -2.26. The van der Waals surface area contributed by atoms with Gasteiger partial charge < -0.3 is 14.8 Å². The molecule has 0 fully saturated rings. The molecule has 0 aliphatic carbocycles. The minimum Gasteiger partial charge on any atom is -0.503 e. The molecule has 16 heavy (non-hydrogen) atoms. The van der Waals surface area contributed by atoms with Gasteiger partial charge in [-0.25, -0.2) is 0 Å². The summed E-state index contributed by atoms with van der Waals surface area (Å²) in [5.74, 6) is -0.624. The van der Waals surface area contributed by atoms with Crippen LogP contribution in [0.1, 0.15) is 17.5 Å². The molecule has 0 spiro atoms. The molecule has 0 bridgehead atoms. The van der Waals surface area contributed by atoms with Crippen LogP contribution in [0.2, 0.25) is 0 Å². The molecule has 90 valence electrons. The summed E-state index contributed by atoms with van der Waals surface area (Å²) < 4.78 is 37.7. The molecule has 1 aromatic heterocycles. The summed E-state index contributed by atoms with van der Waals surface area (Å²) in [6.45, 7) is 1.28. The standard InChI is InChI=1S/C9H10F3NO3/c1-4-7(15)6(14)3-5(13(4)2)8(16)9(10,11)12/h3,8,15-16H,1-2H3. The van der Waals surface area contributed by atoms with Crippen LogP contribution in [0.5, 0.6) is 5.75 Å². The Morgan fingerprint density at radius 3 is 2.38 bits per heavy atom. The van der Waals surface area contributed by atoms with Gasteiger partial charge in [0.05, 0.1) is 11.4 Å². The molecule has 0 saturated heterocycles. The summed E-state index contributed by atoms with van der Waals surface area (Å²) in [6, 6.07) is 0.570. The first-order valence-electron chi connectivity index (χ1n) is 4.30. The molecule has 0 aliphatic heterocycles. The quantitative estimate of drug-likeness (QED) is 0.765. The highest BCUT2D eigenvalue weighted by atomic mass is 19.4. The van der Waals surface area contributed by atoms with E-state index in [1.807, 2.05) is 0 Å². The molecule has 1 atom stereocenters. The Bertz CT molecular complexity index is 464. The van der Waals surface area contributed by atoms with Crippen LogP contribution in [-0.2, 0) is 7.05 Å². The van der Waals surface area contributed by atoms with Crippen LogP contribution in [-0.4, -0.2) is 21.0 Å². The van der Waals surface area contributed by atoms with E-state index < -0.39 is 29.2 Å². The van der Waals surface area contributed by atoms with E-state index in [-0.39, 0.29) is 5.69 Å². The van der Waals surface area contributed by atoms with Crippen LogP contribution in [0.4, 0.5) is 13.2 Å². The van der Waals surface area contributed by atoms with Crippen molar-refractivity contribution in [1.29, 1.82) is 0 Å². The first kappa shape index (κ1) is 12.6. The fraction of sp³-hybridized carbons (Fsp3) is 0.444. The molecule has 2 N–H and O–H groups in total. The van der Waals surface area contributed by atoms with Gasteiger partial charge in [-0.15, -0.1) is 0 Å². The first-order valence-corrected chi connectivity index (χ1v) is 4.30. The van der Waals surface area contributed by atoms with Gasteiger partial charge in [0.25, 0.3) is 0 Å². The number of aromatic nitrogens is 1. The van der Waals surface area contributed by atoms with E-state index in [0.29, 0.717) is 6.07 Å². The summed E-state index contributed by atoms with van der Waals surface area (Å²) in [6.07, 6.45) is -7.60. The van der Waals surface area contributed by atoms with Crippen molar-refractivity contribution in [2.75, 3.05) is 0 Å². The second-order valence-corrected chi connectivity index (χ2v) is 3.37. The van der Waals surface area contributed by atoms with Gasteiger partial charge in [-0.1, -0.05) is 0 Å². The fourth-order valence-corrected chi connectivity index (χ4v) is 1.26. The van der Waals surface area contributed by atoms with E-state index in [9.17, 15) is 23.1 Å². The minimum atomic E-state index is -4.85. The number of aromatic hydroxyl groups is 1. The van der Waals surface area contributed by atoms with Crippen molar-refractivity contribution in [2.24, 2.45) is 7.05 Å². The number of aliphatic hydroxyl groups is 1. The molecular formula is C9H10F3NO3. The van der Waals surface area contributed by atoms with Crippen molar-refractivity contribution in [2.45, 2.75) is 19.2 Å². The lowest BCUT2D eigenvalue weighted by molar-refractivity contribution is -0.208. The van der Waals surface area contributed by atoms with Crippen LogP contribution >= 0.6 is 0 Å². The maximum Gasteiger partial charge on any atom is 0.420 e. The molecule has 4 nitrogen and oxygen atoms in total. The molecular weight excluding hydrogens is 227 g/mol. The Kier molecular flexibility index (Phi) is 3.00. The van der Waals surface area contributed by atoms with Crippen LogP contribution in [0.25, 0.3) is 0 Å². The van der Waals surface area contributed by atoms with Crippen LogP contribution in [0.15, 0.2) is 10.9 Å². The third-order valence-electron chi connectivity index (χ3n) is 2.34. The normalized spacial score (nSPS) is 13.9. The highest BCUT2D eigenvalue weighted by Crippen LogP contribution is 2.32. The lowest BCUT2D eigenvalue weighted by atomic mass is 10.2. The van der Waals surface area contributed by atoms with E-state index in [2.05, 4.69) is 0 Å². The minimum absolute atomic E-state index is 0.0363. The molecule has 1 unspecified atom stereocenters. The van der Waals surface area contributed by atoms with E-state index in [4.69, 9.17) is 5.11 Å². The van der Waals surface area contributed by atoms with Crippen LogP contribution < -0.4 is 5.43 Å². The molecule has 1 heterocycles. The summed E-state index contributed by atoms with van der Waals surface area (Å²) in [5, 5.41) is 18.2. The second kappa shape index (κ2) is 3.82. The van der Waals surface area contributed by atoms with Crippen molar-refractivity contribution in [3.05, 3.63) is 27.7 Å². The zero-order valence-corrected chi connectivity index (χ0v) is 8.54. The number of halogens is 3. The zero-order valence-electron chi connectivity index (χ0n) is 8.54. The van der Waals surface area contributed by atoms with E-state index >= 15 is 0 Å². The fourth-order valence-electron chi connectivity index (χ4n) is 1.26. The van der Waals surface area contributed by atoms with Gasteiger partial charge in [-0.3, -0.25) is 4.79 Å². The Balaban J connectivity index is 3.43. The highest BCUT2D eigenvalue weighted by Gasteiger charge is 2.41. The number of hydrogen-bond donors (Lipinski definition) is 2. The molecule has 1 rings (SSSR count). The number of pyridine rings is 1. The van der Waals surface area contributed by atoms with Gasteiger partial charge in [0.2, 0.25) is 5.43 Å². The Hall–Kier alpha value is -1.50. The third-order valence-corrected chi connectivity index (χ3v) is 2.34. The smallest absolute Gasteiger partial charge is 0.420 e. The topological polar surface area (TPSA) is 62.5 Å². The number of aliphatic hydroxyl groups excluding tert-OH is 1. The monoisotopic (exact) mass is 237 g/mol. The predicted octanol–water partition coefficient (Wildman–Crippen LogP) is 0.995. The second-order valence-electron chi connectivity index (χ2n) is 3.37. The zero-order chi connectivity index (χ0) is 12.7. The maximum atomic E-state index is 12.3. The van der Waals surface area contributed by atoms with Crippen molar-refractivity contribution in [1.82, 2.24) is 4.57 Å². The van der Waals surface area contributed by atoms with E-state index in [1.165, 1.54) is 14.0 Å². The Morgan fingerprint density at radius 1 is 1.44 bits per heavy atom. The molecule has 0 aliphatic rings. The molecule has 0 amide bonds.